The Hall–Kier alpha value is -1.18. The van der Waals surface area contributed by atoms with Gasteiger partial charge in [-0.05, 0) is 27.8 Å². The third kappa shape index (κ3) is 5.61. The minimum atomic E-state index is -2.46. The maximum Gasteiger partial charge on any atom is 1.00 e. The van der Waals surface area contributed by atoms with E-state index in [4.69, 9.17) is 4.65 Å². The minimum Gasteiger partial charge on any atom is -0.871 e. The largest absolute Gasteiger partial charge is 1.00 e. The molecule has 0 aliphatic rings. The van der Waals surface area contributed by atoms with Gasteiger partial charge in [0.05, 0.1) is 7.32 Å². The van der Waals surface area contributed by atoms with Crippen LogP contribution in [0, 0.1) is 0 Å². The minimum absolute atomic E-state index is 0. The summed E-state index contributed by atoms with van der Waals surface area (Å²) >= 11 is 0. The van der Waals surface area contributed by atoms with Crippen molar-refractivity contribution in [2.24, 2.45) is 0 Å². The van der Waals surface area contributed by atoms with E-state index in [-0.39, 0.29) is 59.1 Å². The van der Waals surface area contributed by atoms with Crippen molar-refractivity contribution < 1.29 is 73.8 Å². The first-order valence-corrected chi connectivity index (χ1v) is 9.47. The molecular weight excluding hydrogens is 405 g/mol. The Labute approximate surface area is 227 Å². The molecule has 0 atom stereocenters. The van der Waals surface area contributed by atoms with Gasteiger partial charge in [-0.2, -0.15) is 0 Å². The summed E-state index contributed by atoms with van der Waals surface area (Å²) in [5, 5.41) is 23.9. The van der Waals surface area contributed by atoms with Crippen LogP contribution < -0.4 is 69.2 Å². The molecule has 0 spiro atoms. The van der Waals surface area contributed by atoms with E-state index in [1.807, 2.05) is 115 Å². The summed E-state index contributed by atoms with van der Waals surface area (Å²) in [6.45, 7) is 0. The molecule has 0 aromatic heterocycles. The number of hydrogen-bond acceptors (Lipinski definition) is 3. The number of hydrogen-bond donors (Lipinski definition) is 0. The van der Waals surface area contributed by atoms with Gasteiger partial charge in [0, 0.05) is 0 Å². The third-order valence-corrected chi connectivity index (χ3v) is 5.02. The van der Waals surface area contributed by atoms with Gasteiger partial charge in [-0.15, -0.1) is 0 Å². The van der Waals surface area contributed by atoms with Gasteiger partial charge in [0.2, 0.25) is 0 Å². The first-order chi connectivity index (χ1) is 14.2. The van der Waals surface area contributed by atoms with Gasteiger partial charge in [0.15, 0.2) is 0 Å². The van der Waals surface area contributed by atoms with Crippen molar-refractivity contribution in [3.05, 3.63) is 132 Å². The Kier molecular flexibility index (Phi) is 10.2. The van der Waals surface area contributed by atoms with E-state index in [1.54, 1.807) is 0 Å². The van der Waals surface area contributed by atoms with Crippen molar-refractivity contribution >= 4 is 7.32 Å². The van der Waals surface area contributed by atoms with Crippen LogP contribution in [0.2, 0.25) is 0 Å². The van der Waals surface area contributed by atoms with Crippen LogP contribution in [0.25, 0.3) is 11.1 Å². The number of rotatable bonds is 6. The molecule has 0 fully saturated rings. The molecule has 0 N–H and O–H groups in total. The van der Waals surface area contributed by atoms with Crippen molar-refractivity contribution in [1.82, 2.24) is 0 Å². The monoisotopic (exact) mass is 424 g/mol. The standard InChI is InChI=1S/C25H19BO3.2Na/c27-26(28)29-25(21-14-6-2-7-15-21,22-16-8-3-9-17-22)24-19-11-10-18-23(24)20-12-4-1-5-13-20;;/h1-19H;;/q-2;2*+1. The summed E-state index contributed by atoms with van der Waals surface area (Å²) in [6.07, 6.45) is 0. The fourth-order valence-electron chi connectivity index (χ4n) is 3.83. The van der Waals surface area contributed by atoms with Crippen LogP contribution >= 0.6 is 0 Å². The van der Waals surface area contributed by atoms with Gasteiger partial charge in [0.25, 0.3) is 0 Å². The van der Waals surface area contributed by atoms with Gasteiger partial charge in [-0.25, -0.2) is 0 Å². The molecule has 0 radical (unpaired) electrons. The predicted molar refractivity (Wildman–Crippen MR) is 111 cm³/mol. The molecular formula is C25H19BNa2O3. The fraction of sp³-hybridized carbons (Fsp3) is 0.0400. The number of benzene rings is 4. The first kappa shape index (κ1) is 26.1. The van der Waals surface area contributed by atoms with Crippen LogP contribution in [0.5, 0.6) is 0 Å². The summed E-state index contributed by atoms with van der Waals surface area (Å²) in [6, 6.07) is 36.5. The zero-order chi connectivity index (χ0) is 20.1. The average Bonchev–Trinajstić information content (AvgIpc) is 2.79. The van der Waals surface area contributed by atoms with E-state index in [9.17, 15) is 10.0 Å². The summed E-state index contributed by atoms with van der Waals surface area (Å²) < 4.78 is 5.75. The van der Waals surface area contributed by atoms with Crippen molar-refractivity contribution in [2.45, 2.75) is 5.60 Å². The summed E-state index contributed by atoms with van der Waals surface area (Å²) in [4.78, 5) is 0. The second kappa shape index (κ2) is 12.2. The van der Waals surface area contributed by atoms with Crippen LogP contribution in [-0.4, -0.2) is 7.32 Å². The molecule has 6 heteroatoms. The third-order valence-electron chi connectivity index (χ3n) is 5.02. The molecule has 0 heterocycles. The average molecular weight is 424 g/mol. The molecule has 0 aliphatic heterocycles. The Bertz CT molecular complexity index is 1020. The summed E-state index contributed by atoms with van der Waals surface area (Å²) in [7, 11) is -2.46. The van der Waals surface area contributed by atoms with Crippen molar-refractivity contribution in [3.8, 4) is 11.1 Å². The maximum atomic E-state index is 11.9. The van der Waals surface area contributed by atoms with Crippen LogP contribution in [-0.2, 0) is 10.3 Å². The second-order valence-electron chi connectivity index (χ2n) is 6.73. The van der Waals surface area contributed by atoms with Gasteiger partial charge in [-0.3, -0.25) is 0 Å². The van der Waals surface area contributed by atoms with E-state index < -0.39 is 12.9 Å². The zero-order valence-corrected chi connectivity index (χ0v) is 21.8. The van der Waals surface area contributed by atoms with Crippen LogP contribution in [0.4, 0.5) is 0 Å². The SMILES string of the molecule is [Na+].[Na+].[O-]B([O-])OC(c1ccccc1)(c1ccccc1)c1ccccc1-c1ccccc1. The predicted octanol–water partition coefficient (Wildman–Crippen LogP) is -2.62. The quantitative estimate of drug-likeness (QED) is 0.252. The molecule has 4 rings (SSSR count). The molecule has 0 unspecified atom stereocenters. The summed E-state index contributed by atoms with van der Waals surface area (Å²) in [5.41, 5.74) is 2.76. The van der Waals surface area contributed by atoms with E-state index in [0.29, 0.717) is 0 Å². The summed E-state index contributed by atoms with van der Waals surface area (Å²) in [5.74, 6) is 0. The van der Waals surface area contributed by atoms with Gasteiger partial charge in [0.1, 0.15) is 5.60 Å². The molecule has 4 aromatic carbocycles. The molecule has 4 aromatic rings. The first-order valence-electron chi connectivity index (χ1n) is 9.47. The van der Waals surface area contributed by atoms with E-state index in [1.165, 1.54) is 0 Å². The molecule has 0 amide bonds. The molecule has 0 aliphatic carbocycles. The molecule has 31 heavy (non-hydrogen) atoms. The maximum absolute atomic E-state index is 11.9. The van der Waals surface area contributed by atoms with E-state index in [2.05, 4.69) is 0 Å². The topological polar surface area (TPSA) is 55.3 Å². The Morgan fingerprint density at radius 2 is 0.968 bits per heavy atom. The van der Waals surface area contributed by atoms with Crippen molar-refractivity contribution in [1.29, 1.82) is 0 Å². The van der Waals surface area contributed by atoms with E-state index in [0.717, 1.165) is 27.8 Å². The Morgan fingerprint density at radius 3 is 1.45 bits per heavy atom. The molecule has 142 valence electrons. The molecule has 3 nitrogen and oxygen atoms in total. The van der Waals surface area contributed by atoms with Crippen molar-refractivity contribution in [2.75, 3.05) is 0 Å². The molecule has 0 saturated carbocycles. The smallest absolute Gasteiger partial charge is 0.871 e. The van der Waals surface area contributed by atoms with Gasteiger partial charge < -0.3 is 14.7 Å². The van der Waals surface area contributed by atoms with Gasteiger partial charge in [-0.1, -0.05) is 115 Å². The van der Waals surface area contributed by atoms with Crippen LogP contribution in [0.3, 0.4) is 0 Å². The van der Waals surface area contributed by atoms with Crippen LogP contribution in [0.15, 0.2) is 115 Å². The van der Waals surface area contributed by atoms with Gasteiger partial charge >= 0.3 is 59.1 Å². The zero-order valence-electron chi connectivity index (χ0n) is 17.8. The molecule has 0 bridgehead atoms. The van der Waals surface area contributed by atoms with E-state index >= 15 is 0 Å². The fourth-order valence-corrected chi connectivity index (χ4v) is 3.83. The van der Waals surface area contributed by atoms with Crippen molar-refractivity contribution in [3.63, 3.8) is 0 Å². The molecule has 0 saturated heterocycles. The second-order valence-corrected chi connectivity index (χ2v) is 6.73. The Morgan fingerprint density at radius 1 is 0.548 bits per heavy atom. The normalized spacial score (nSPS) is 10.5. The Balaban J connectivity index is 0.00000171. The van der Waals surface area contributed by atoms with Crippen LogP contribution in [0.1, 0.15) is 16.7 Å².